The Morgan fingerprint density at radius 2 is 1.81 bits per heavy atom. The number of fused-ring (bicyclic) bond motifs is 1. The van der Waals surface area contributed by atoms with Gasteiger partial charge in [0.15, 0.2) is 5.54 Å². The first-order chi connectivity index (χ1) is 7.72. The van der Waals surface area contributed by atoms with E-state index in [4.69, 9.17) is 0 Å². The lowest BCUT2D eigenvalue weighted by Gasteiger charge is -2.32. The third kappa shape index (κ3) is 2.64. The van der Waals surface area contributed by atoms with Crippen LogP contribution in [0, 0.1) is 0 Å². The average molecular weight is 223 g/mol. The summed E-state index contributed by atoms with van der Waals surface area (Å²) >= 11 is 0. The van der Waals surface area contributed by atoms with Crippen molar-refractivity contribution >= 4 is 5.91 Å². The monoisotopic (exact) mass is 223 g/mol. The first kappa shape index (κ1) is 12.1. The number of amides is 1. The molecule has 0 aromatic rings. The van der Waals surface area contributed by atoms with Crippen LogP contribution in [0.25, 0.3) is 0 Å². The molecule has 2 radical (unpaired) electrons. The lowest BCUT2D eigenvalue weighted by Crippen LogP contribution is -2.59. The lowest BCUT2D eigenvalue weighted by molar-refractivity contribution is -0.127. The van der Waals surface area contributed by atoms with Crippen molar-refractivity contribution in [3.63, 3.8) is 0 Å². The molecule has 0 bridgehead atoms. The van der Waals surface area contributed by atoms with Crippen molar-refractivity contribution in [1.29, 1.82) is 0 Å². The highest BCUT2D eigenvalue weighted by Crippen LogP contribution is 2.37. The molecule has 3 heterocycles. The van der Waals surface area contributed by atoms with Crippen LogP contribution in [0.3, 0.4) is 0 Å². The normalized spacial score (nSPS) is 34.4. The summed E-state index contributed by atoms with van der Waals surface area (Å²) in [6.45, 7) is 5.44. The summed E-state index contributed by atoms with van der Waals surface area (Å²) in [5.41, 5.74) is 0.289. The fourth-order valence-corrected chi connectivity index (χ4v) is 2.71. The van der Waals surface area contributed by atoms with E-state index in [1.54, 1.807) is 0 Å². The van der Waals surface area contributed by atoms with Crippen LogP contribution in [-0.2, 0) is 4.79 Å². The van der Waals surface area contributed by atoms with Gasteiger partial charge < -0.3 is 0 Å². The van der Waals surface area contributed by atoms with Gasteiger partial charge in [-0.3, -0.25) is 0 Å². The van der Waals surface area contributed by atoms with Crippen molar-refractivity contribution in [3.8, 4) is 0 Å². The molecule has 3 saturated heterocycles. The summed E-state index contributed by atoms with van der Waals surface area (Å²) in [4.78, 5) is 13.0. The van der Waals surface area contributed by atoms with Crippen LogP contribution in [0.2, 0.25) is 0 Å². The minimum atomic E-state index is 0.289. The van der Waals surface area contributed by atoms with Gasteiger partial charge in [0.1, 0.15) is 6.54 Å². The molecule has 90 valence electrons. The fraction of sp³-hybridized carbons (Fsp3) is 0.923. The van der Waals surface area contributed by atoms with Crippen LogP contribution >= 0.6 is 0 Å². The molecule has 3 nitrogen and oxygen atoms in total. The third-order valence-electron chi connectivity index (χ3n) is 4.09. The quantitative estimate of drug-likeness (QED) is 0.577. The highest BCUT2D eigenvalue weighted by atomic mass is 16.2. The average Bonchev–Trinajstić information content (AvgIpc) is 2.55. The predicted molar refractivity (Wildman–Crippen MR) is 64.6 cm³/mol. The van der Waals surface area contributed by atoms with Gasteiger partial charge in [-0.05, 0) is 19.8 Å². The van der Waals surface area contributed by atoms with Gasteiger partial charge in [-0.15, -0.1) is 0 Å². The van der Waals surface area contributed by atoms with Gasteiger partial charge in [-0.25, -0.2) is 10.1 Å². The van der Waals surface area contributed by atoms with E-state index in [9.17, 15) is 4.79 Å². The maximum atomic E-state index is 11.0. The Kier molecular flexibility index (Phi) is 3.98. The van der Waals surface area contributed by atoms with Crippen LogP contribution in [0.1, 0.15) is 51.9 Å². The van der Waals surface area contributed by atoms with Crippen molar-refractivity contribution in [3.05, 3.63) is 0 Å². The molecule has 1 unspecified atom stereocenters. The van der Waals surface area contributed by atoms with Gasteiger partial charge in [0.2, 0.25) is 0 Å². The molecule has 0 aromatic heterocycles. The molecule has 1 amide bonds. The van der Waals surface area contributed by atoms with Crippen molar-refractivity contribution in [2.24, 2.45) is 0 Å². The minimum Gasteiger partial charge on any atom is -0.242 e. The molecule has 0 spiro atoms. The zero-order valence-electron chi connectivity index (χ0n) is 10.4. The molecular formula is C13H23N2O+. The molecule has 3 rings (SSSR count). The molecule has 16 heavy (non-hydrogen) atoms. The van der Waals surface area contributed by atoms with Gasteiger partial charge in [0.25, 0.3) is 0 Å². The van der Waals surface area contributed by atoms with E-state index in [1.165, 1.54) is 32.1 Å². The summed E-state index contributed by atoms with van der Waals surface area (Å²) in [5, 5.41) is 4.27. The molecule has 3 fully saturated rings. The summed E-state index contributed by atoms with van der Waals surface area (Å²) in [6.07, 6.45) is 8.58. The molecule has 0 aromatic carbocycles. The Morgan fingerprint density at radius 3 is 2.19 bits per heavy atom. The lowest BCUT2D eigenvalue weighted by atomic mass is 9.88. The van der Waals surface area contributed by atoms with Crippen LogP contribution in [0.5, 0.6) is 0 Å². The highest BCUT2D eigenvalue weighted by Gasteiger charge is 2.59. The molecular weight excluding hydrogens is 200 g/mol. The largest absolute Gasteiger partial charge is 0.361 e. The van der Waals surface area contributed by atoms with E-state index < -0.39 is 0 Å². The summed E-state index contributed by atoms with van der Waals surface area (Å²) < 4.78 is 0. The summed E-state index contributed by atoms with van der Waals surface area (Å²) in [7, 11) is 0. The van der Waals surface area contributed by atoms with Crippen LogP contribution in [0.4, 0.5) is 0 Å². The molecule has 3 aliphatic heterocycles. The Balaban J connectivity index is 0.000000125. The Hall–Kier alpha value is -0.410. The predicted octanol–water partition coefficient (Wildman–Crippen LogP) is 1.77. The molecule has 1 atom stereocenters. The molecule has 0 aliphatic carbocycles. The number of hydrogen-bond donors (Lipinski definition) is 0. The van der Waals surface area contributed by atoms with Crippen molar-refractivity contribution < 1.29 is 4.79 Å². The summed E-state index contributed by atoms with van der Waals surface area (Å²) in [6, 6.07) is 0. The first-order valence-electron chi connectivity index (χ1n) is 6.66. The van der Waals surface area contributed by atoms with Crippen LogP contribution in [0.15, 0.2) is 0 Å². The van der Waals surface area contributed by atoms with E-state index in [-0.39, 0.29) is 5.54 Å². The van der Waals surface area contributed by atoms with Gasteiger partial charge in [0.05, 0.1) is 12.8 Å². The topological polar surface area (TPSA) is 37.1 Å². The molecule has 0 saturated carbocycles. The fourth-order valence-electron chi connectivity index (χ4n) is 2.71. The number of hydrogen-bond acceptors (Lipinski definition) is 1. The zero-order valence-corrected chi connectivity index (χ0v) is 10.4. The third-order valence-corrected chi connectivity index (χ3v) is 4.09. The smallest absolute Gasteiger partial charge is 0.242 e. The highest BCUT2D eigenvalue weighted by molar-refractivity contribution is 5.83. The Bertz CT molecular complexity index is 235. The number of rotatable bonds is 0. The summed E-state index contributed by atoms with van der Waals surface area (Å²) in [5.74, 6) is 0.365. The van der Waals surface area contributed by atoms with Gasteiger partial charge in [-0.2, -0.15) is 0 Å². The number of nitrogens with zero attached hydrogens (tertiary/aromatic N) is 2. The van der Waals surface area contributed by atoms with Crippen molar-refractivity contribution in [2.45, 2.75) is 57.4 Å². The maximum absolute atomic E-state index is 11.0. The SMILES string of the molecule is C1CCC[N]CC1.CC12CCC(=O)[N+]1CC2. The standard InChI is InChI=1S/C7H11NO.C6H12N/c1-7-3-2-6(9)8(7)5-4-7;1-2-4-6-7-5-3-1/h2-5H2,1H3;1-6H2/q+1;. The van der Waals surface area contributed by atoms with Gasteiger partial charge >= 0.3 is 5.91 Å². The molecule has 3 aliphatic rings. The van der Waals surface area contributed by atoms with E-state index in [1.807, 2.05) is 4.90 Å². The van der Waals surface area contributed by atoms with Crippen LogP contribution < -0.4 is 10.2 Å². The van der Waals surface area contributed by atoms with E-state index in [0.717, 1.165) is 32.5 Å². The van der Waals surface area contributed by atoms with E-state index >= 15 is 0 Å². The Morgan fingerprint density at radius 1 is 1.12 bits per heavy atom. The zero-order chi connectivity index (χ0) is 11.4. The van der Waals surface area contributed by atoms with Gasteiger partial charge in [-0.1, -0.05) is 17.7 Å². The second-order valence-electron chi connectivity index (χ2n) is 5.38. The minimum absolute atomic E-state index is 0.289. The first-order valence-corrected chi connectivity index (χ1v) is 6.66. The van der Waals surface area contributed by atoms with Crippen molar-refractivity contribution in [1.82, 2.24) is 10.2 Å². The van der Waals surface area contributed by atoms with Gasteiger partial charge in [0, 0.05) is 19.5 Å². The van der Waals surface area contributed by atoms with E-state index in [0.29, 0.717) is 5.91 Å². The molecule has 3 heteroatoms. The maximum Gasteiger partial charge on any atom is 0.361 e. The molecule has 0 N–H and O–H groups in total. The van der Waals surface area contributed by atoms with Crippen LogP contribution in [-0.4, -0.2) is 31.1 Å². The Labute approximate surface area is 98.6 Å². The second kappa shape index (κ2) is 5.28. The second-order valence-corrected chi connectivity index (χ2v) is 5.38. The van der Waals surface area contributed by atoms with Crippen molar-refractivity contribution in [2.75, 3.05) is 19.6 Å². The van der Waals surface area contributed by atoms with E-state index in [2.05, 4.69) is 12.2 Å². The number of carbonyl (C=O) groups excluding carboxylic acids is 1. The number of carbonyl (C=O) groups is 1.